The van der Waals surface area contributed by atoms with Crippen LogP contribution in [0.1, 0.15) is 43.9 Å². The molecule has 0 aliphatic heterocycles. The van der Waals surface area contributed by atoms with Crippen molar-refractivity contribution in [3.8, 4) is 0 Å². The molecule has 0 atom stereocenters. The van der Waals surface area contributed by atoms with E-state index in [2.05, 4.69) is 23.5 Å². The summed E-state index contributed by atoms with van der Waals surface area (Å²) in [6.07, 6.45) is 7.30. The summed E-state index contributed by atoms with van der Waals surface area (Å²) < 4.78 is 1.90. The van der Waals surface area contributed by atoms with Crippen LogP contribution in [0, 0.1) is 5.92 Å². The second-order valence-corrected chi connectivity index (χ2v) is 5.43. The topological polar surface area (TPSA) is 50.1 Å². The van der Waals surface area contributed by atoms with Crippen LogP contribution >= 0.6 is 0 Å². The molecule has 0 spiro atoms. The first kappa shape index (κ1) is 13.6. The van der Waals surface area contributed by atoms with Crippen molar-refractivity contribution in [2.24, 2.45) is 13.0 Å². The maximum atomic E-state index is 9.47. The van der Waals surface area contributed by atoms with E-state index >= 15 is 0 Å². The summed E-state index contributed by atoms with van der Waals surface area (Å²) in [5.74, 6) is 0.732. The second kappa shape index (κ2) is 6.34. The molecule has 4 nitrogen and oxygen atoms in total. The van der Waals surface area contributed by atoms with E-state index in [4.69, 9.17) is 0 Å². The minimum atomic E-state index is -0.0498. The van der Waals surface area contributed by atoms with E-state index < -0.39 is 0 Å². The molecule has 1 aliphatic carbocycles. The summed E-state index contributed by atoms with van der Waals surface area (Å²) in [5.41, 5.74) is 2.51. The number of aliphatic hydroxyl groups is 1. The van der Waals surface area contributed by atoms with Crippen molar-refractivity contribution in [2.45, 2.75) is 51.7 Å². The third-order valence-corrected chi connectivity index (χ3v) is 3.89. The zero-order valence-electron chi connectivity index (χ0n) is 11.5. The highest BCUT2D eigenvalue weighted by atomic mass is 16.3. The number of rotatable bonds is 5. The zero-order valence-corrected chi connectivity index (χ0v) is 11.5. The summed E-state index contributed by atoms with van der Waals surface area (Å²) in [4.78, 5) is 0. The molecule has 1 heterocycles. The van der Waals surface area contributed by atoms with Crippen LogP contribution in [0.3, 0.4) is 0 Å². The van der Waals surface area contributed by atoms with Gasteiger partial charge in [0.25, 0.3) is 0 Å². The average Bonchev–Trinajstić information content (AvgIpc) is 2.72. The lowest BCUT2D eigenvalue weighted by molar-refractivity contribution is 0.108. The van der Waals surface area contributed by atoms with Crippen LogP contribution < -0.4 is 5.32 Å². The molecule has 4 heteroatoms. The first-order valence-electron chi connectivity index (χ1n) is 7.09. The lowest BCUT2D eigenvalue weighted by Crippen LogP contribution is -2.27. The van der Waals surface area contributed by atoms with Crippen molar-refractivity contribution in [3.05, 3.63) is 17.5 Å². The highest BCUT2D eigenvalue weighted by Crippen LogP contribution is 2.23. The van der Waals surface area contributed by atoms with Gasteiger partial charge in [-0.15, -0.1) is 0 Å². The Hall–Kier alpha value is -0.870. The van der Waals surface area contributed by atoms with E-state index in [9.17, 15) is 5.11 Å². The molecule has 0 unspecified atom stereocenters. The van der Waals surface area contributed by atoms with Crippen LogP contribution in [0.4, 0.5) is 0 Å². The van der Waals surface area contributed by atoms with Gasteiger partial charge in [-0.2, -0.15) is 5.10 Å². The lowest BCUT2D eigenvalue weighted by Gasteiger charge is -2.25. The zero-order chi connectivity index (χ0) is 13.0. The summed E-state index contributed by atoms with van der Waals surface area (Å²) in [6, 6.07) is 0. The molecular weight excluding hydrogens is 226 g/mol. The van der Waals surface area contributed by atoms with Gasteiger partial charge in [0.1, 0.15) is 0 Å². The molecule has 1 fully saturated rings. The fraction of sp³-hybridized carbons (Fsp3) is 0.786. The molecular formula is C14H25N3O. The molecule has 1 aromatic heterocycles. The van der Waals surface area contributed by atoms with Crippen molar-refractivity contribution >= 4 is 0 Å². The maximum Gasteiger partial charge on any atom is 0.0666 e. The summed E-state index contributed by atoms with van der Waals surface area (Å²) in [7, 11) is 1.98. The Morgan fingerprint density at radius 2 is 2.11 bits per heavy atom. The Labute approximate surface area is 109 Å². The minimum Gasteiger partial charge on any atom is -0.393 e. The first-order valence-corrected chi connectivity index (χ1v) is 7.09. The fourth-order valence-corrected chi connectivity index (χ4v) is 2.79. The largest absolute Gasteiger partial charge is 0.393 e. The van der Waals surface area contributed by atoms with Crippen LogP contribution in [-0.2, 0) is 20.0 Å². The summed E-state index contributed by atoms with van der Waals surface area (Å²) in [5, 5.41) is 17.5. The quantitative estimate of drug-likeness (QED) is 0.836. The molecule has 102 valence electrons. The molecule has 1 saturated carbocycles. The van der Waals surface area contributed by atoms with E-state index in [1.807, 2.05) is 11.7 Å². The fourth-order valence-electron chi connectivity index (χ4n) is 2.79. The van der Waals surface area contributed by atoms with Crippen molar-refractivity contribution in [2.75, 3.05) is 6.54 Å². The Balaban J connectivity index is 1.74. The molecule has 0 radical (unpaired) electrons. The van der Waals surface area contributed by atoms with Crippen molar-refractivity contribution in [1.82, 2.24) is 15.1 Å². The van der Waals surface area contributed by atoms with Crippen LogP contribution in [0.15, 0.2) is 6.20 Å². The van der Waals surface area contributed by atoms with E-state index in [-0.39, 0.29) is 6.10 Å². The van der Waals surface area contributed by atoms with Gasteiger partial charge in [-0.1, -0.05) is 6.92 Å². The molecule has 2 N–H and O–H groups in total. The van der Waals surface area contributed by atoms with Gasteiger partial charge in [0, 0.05) is 25.4 Å². The van der Waals surface area contributed by atoms with E-state index in [1.165, 1.54) is 11.3 Å². The SMILES string of the molecule is CCc1nn(C)cc1CNCC1CCC(O)CC1. The highest BCUT2D eigenvalue weighted by molar-refractivity contribution is 5.16. The van der Waals surface area contributed by atoms with Crippen molar-refractivity contribution < 1.29 is 5.11 Å². The molecule has 2 rings (SSSR count). The smallest absolute Gasteiger partial charge is 0.0666 e. The number of aryl methyl sites for hydroxylation is 2. The number of nitrogens with one attached hydrogen (secondary N) is 1. The Morgan fingerprint density at radius 1 is 1.39 bits per heavy atom. The number of nitrogens with zero attached hydrogens (tertiary/aromatic N) is 2. The third kappa shape index (κ3) is 3.56. The molecule has 18 heavy (non-hydrogen) atoms. The second-order valence-electron chi connectivity index (χ2n) is 5.43. The maximum absolute atomic E-state index is 9.47. The van der Waals surface area contributed by atoms with Crippen molar-refractivity contribution in [1.29, 1.82) is 0 Å². The predicted molar refractivity (Wildman–Crippen MR) is 72.3 cm³/mol. The van der Waals surface area contributed by atoms with Gasteiger partial charge < -0.3 is 10.4 Å². The summed E-state index contributed by atoms with van der Waals surface area (Å²) >= 11 is 0. The van der Waals surface area contributed by atoms with Crippen LogP contribution in [0.25, 0.3) is 0 Å². The predicted octanol–water partition coefficient (Wildman–Crippen LogP) is 1.62. The van der Waals surface area contributed by atoms with Crippen molar-refractivity contribution in [3.63, 3.8) is 0 Å². The van der Waals surface area contributed by atoms with E-state index in [0.29, 0.717) is 0 Å². The molecule has 0 bridgehead atoms. The first-order chi connectivity index (χ1) is 8.69. The normalized spacial score (nSPS) is 24.4. The number of aromatic nitrogens is 2. The van der Waals surface area contributed by atoms with Crippen LogP contribution in [-0.4, -0.2) is 27.5 Å². The van der Waals surface area contributed by atoms with Gasteiger partial charge in [-0.25, -0.2) is 0 Å². The number of hydrogen-bond acceptors (Lipinski definition) is 3. The lowest BCUT2D eigenvalue weighted by atomic mass is 9.87. The minimum absolute atomic E-state index is 0.0498. The Morgan fingerprint density at radius 3 is 2.78 bits per heavy atom. The molecule has 0 aromatic carbocycles. The highest BCUT2D eigenvalue weighted by Gasteiger charge is 2.18. The van der Waals surface area contributed by atoms with E-state index in [1.54, 1.807) is 0 Å². The Bertz CT molecular complexity index is 367. The van der Waals surface area contributed by atoms with Crippen LogP contribution in [0.2, 0.25) is 0 Å². The third-order valence-electron chi connectivity index (χ3n) is 3.89. The van der Waals surface area contributed by atoms with Gasteiger partial charge in [0.05, 0.1) is 11.8 Å². The molecule has 1 aliphatic rings. The van der Waals surface area contributed by atoms with Crippen LogP contribution in [0.5, 0.6) is 0 Å². The van der Waals surface area contributed by atoms with Gasteiger partial charge in [0.15, 0.2) is 0 Å². The monoisotopic (exact) mass is 251 g/mol. The number of hydrogen-bond donors (Lipinski definition) is 2. The molecule has 0 saturated heterocycles. The Kier molecular flexibility index (Phi) is 4.78. The summed E-state index contributed by atoms with van der Waals surface area (Å²) in [6.45, 7) is 4.12. The van der Waals surface area contributed by atoms with Gasteiger partial charge in [-0.3, -0.25) is 4.68 Å². The van der Waals surface area contributed by atoms with Gasteiger partial charge in [0.2, 0.25) is 0 Å². The standard InChI is InChI=1S/C14H25N3O/c1-3-14-12(10-17(2)16-14)9-15-8-11-4-6-13(18)7-5-11/h10-11,13,15,18H,3-9H2,1-2H3. The van der Waals surface area contributed by atoms with Gasteiger partial charge in [-0.05, 0) is 44.6 Å². The van der Waals surface area contributed by atoms with Gasteiger partial charge >= 0.3 is 0 Å². The average molecular weight is 251 g/mol. The number of aliphatic hydroxyl groups excluding tert-OH is 1. The molecule has 0 amide bonds. The molecule has 1 aromatic rings. The van der Waals surface area contributed by atoms with E-state index in [0.717, 1.165) is 51.1 Å².